The maximum absolute atomic E-state index is 13.0. The normalized spacial score (nSPS) is 11.9. The minimum absolute atomic E-state index is 0.0160. The van der Waals surface area contributed by atoms with E-state index in [0.717, 1.165) is 17.1 Å². The summed E-state index contributed by atoms with van der Waals surface area (Å²) < 4.78 is 44.2. The highest BCUT2D eigenvalue weighted by molar-refractivity contribution is 5.71. The first-order valence-corrected chi connectivity index (χ1v) is 6.91. The van der Waals surface area contributed by atoms with Gasteiger partial charge in [0.25, 0.3) is 6.43 Å². The lowest BCUT2D eigenvalue weighted by atomic mass is 10.2. The summed E-state index contributed by atoms with van der Waals surface area (Å²) in [6, 6.07) is 7.52. The highest BCUT2D eigenvalue weighted by atomic mass is 19.3. The summed E-state index contributed by atoms with van der Waals surface area (Å²) in [6.45, 7) is -0.445. The Kier molecular flexibility index (Phi) is 5.90. The molecule has 0 atom stereocenters. The Morgan fingerprint density at radius 1 is 1.20 bits per heavy atom. The van der Waals surface area contributed by atoms with Crippen LogP contribution in [0, 0.1) is 5.82 Å². The van der Waals surface area contributed by atoms with Crippen molar-refractivity contribution in [2.24, 2.45) is 11.6 Å². The highest BCUT2D eigenvalue weighted by Crippen LogP contribution is 2.20. The number of hydrogen-bond donors (Lipinski definition) is 2. The van der Waals surface area contributed by atoms with Crippen LogP contribution in [0.15, 0.2) is 47.8 Å². The van der Waals surface area contributed by atoms with Crippen molar-refractivity contribution in [1.82, 2.24) is 10.2 Å². The summed E-state index contributed by atoms with van der Waals surface area (Å²) in [7, 11) is 0. The van der Waals surface area contributed by atoms with E-state index in [1.165, 1.54) is 24.3 Å². The molecule has 0 fully saturated rings. The van der Waals surface area contributed by atoms with Crippen molar-refractivity contribution in [3.8, 4) is 5.88 Å². The van der Waals surface area contributed by atoms with Crippen LogP contribution >= 0.6 is 0 Å². The lowest BCUT2D eigenvalue weighted by molar-refractivity contribution is 0.111. The summed E-state index contributed by atoms with van der Waals surface area (Å²) in [5.74, 6) is 5.29. The van der Waals surface area contributed by atoms with Gasteiger partial charge in [-0.05, 0) is 30.3 Å². The fraction of sp³-hybridized carbons (Fsp3) is 0.133. The second-order valence-electron chi connectivity index (χ2n) is 4.75. The van der Waals surface area contributed by atoms with E-state index in [0.29, 0.717) is 6.29 Å². The van der Waals surface area contributed by atoms with Crippen LogP contribution in [0.2, 0.25) is 0 Å². The lowest BCUT2D eigenvalue weighted by Crippen LogP contribution is -2.36. The van der Waals surface area contributed by atoms with Gasteiger partial charge in [0.1, 0.15) is 18.1 Å². The average molecular weight is 353 g/mol. The second kappa shape index (κ2) is 8.11. The molecule has 1 heterocycles. The van der Waals surface area contributed by atoms with Gasteiger partial charge in [0.15, 0.2) is 6.29 Å². The molecule has 0 radical (unpaired) electrons. The topological polar surface area (TPSA) is 107 Å². The van der Waals surface area contributed by atoms with Gasteiger partial charge in [0, 0.05) is 6.07 Å². The van der Waals surface area contributed by atoms with Crippen LogP contribution in [0.5, 0.6) is 5.88 Å². The van der Waals surface area contributed by atoms with E-state index in [1.54, 1.807) is 0 Å². The Hall–Kier alpha value is -3.14. The number of alkyl halides is 2. The maximum Gasteiger partial charge on any atom is 0.279 e. The molecule has 1 aromatic heterocycles. The van der Waals surface area contributed by atoms with Crippen LogP contribution in [0.25, 0.3) is 0 Å². The number of nitrogens with zero attached hydrogens (tertiary/aromatic N) is 3. The molecule has 0 amide bonds. The number of carbonyl (C=O) groups is 1. The number of ether oxygens (including phenoxy) is 1. The Balaban J connectivity index is 2.22. The largest absolute Gasteiger partial charge is 0.470 e. The number of halogens is 3. The molecule has 2 rings (SSSR count). The fourth-order valence-corrected chi connectivity index (χ4v) is 1.79. The summed E-state index contributed by atoms with van der Waals surface area (Å²) in [4.78, 5) is 10.5. The van der Waals surface area contributed by atoms with Crippen molar-refractivity contribution in [1.29, 1.82) is 0 Å². The number of anilines is 1. The smallest absolute Gasteiger partial charge is 0.279 e. The Morgan fingerprint density at radius 3 is 2.40 bits per heavy atom. The molecule has 0 unspecified atom stereocenters. The molecule has 0 saturated carbocycles. The van der Waals surface area contributed by atoms with Gasteiger partial charge in [-0.3, -0.25) is 9.80 Å². The van der Waals surface area contributed by atoms with Crippen molar-refractivity contribution in [2.45, 2.75) is 6.43 Å². The van der Waals surface area contributed by atoms with Crippen molar-refractivity contribution < 1.29 is 22.7 Å². The molecule has 2 aromatic rings. The number of hydrazine groups is 1. The van der Waals surface area contributed by atoms with Crippen molar-refractivity contribution in [2.75, 3.05) is 11.6 Å². The zero-order valence-electron chi connectivity index (χ0n) is 12.8. The predicted octanol–water partition coefficient (Wildman–Crippen LogP) is 1.62. The van der Waals surface area contributed by atoms with Gasteiger partial charge in [0.2, 0.25) is 5.88 Å². The first-order valence-electron chi connectivity index (χ1n) is 6.91. The number of benzene rings is 1. The van der Waals surface area contributed by atoms with Crippen molar-refractivity contribution >= 4 is 12.0 Å². The number of rotatable bonds is 7. The first-order chi connectivity index (χ1) is 11.9. The Bertz CT molecular complexity index is 751. The molecule has 0 aliphatic carbocycles. The van der Waals surface area contributed by atoms with Gasteiger partial charge in [-0.25, -0.2) is 19.0 Å². The molecular weight excluding hydrogens is 339 g/mol. The van der Waals surface area contributed by atoms with Crippen LogP contribution in [0.1, 0.15) is 10.5 Å². The van der Waals surface area contributed by atoms with Crippen LogP contribution in [-0.4, -0.2) is 29.5 Å². The molecule has 25 heavy (non-hydrogen) atoms. The fourth-order valence-electron chi connectivity index (χ4n) is 1.79. The number of aromatic nitrogens is 2. The molecule has 7 nitrogen and oxygen atoms in total. The molecule has 0 bridgehead atoms. The molecule has 0 aliphatic rings. The third kappa shape index (κ3) is 4.67. The number of allylic oxidation sites excluding steroid dienone is 1. The van der Waals surface area contributed by atoms with E-state index in [2.05, 4.69) is 10.2 Å². The quantitative estimate of drug-likeness (QED) is 0.442. The Morgan fingerprint density at radius 2 is 1.88 bits per heavy atom. The summed E-state index contributed by atoms with van der Waals surface area (Å²) >= 11 is 0. The SMILES string of the molecule is N/C(=C(/COc1ccc(C=O)nn1)N(N)c1ccc(F)cc1)C(F)F. The average Bonchev–Trinajstić information content (AvgIpc) is 2.62. The van der Waals surface area contributed by atoms with Crippen LogP contribution < -0.4 is 21.3 Å². The first kappa shape index (κ1) is 18.2. The highest BCUT2D eigenvalue weighted by Gasteiger charge is 2.20. The van der Waals surface area contributed by atoms with Gasteiger partial charge in [0.05, 0.1) is 17.1 Å². The molecule has 0 spiro atoms. The van der Waals surface area contributed by atoms with E-state index in [1.807, 2.05) is 0 Å². The van der Waals surface area contributed by atoms with Crippen LogP contribution in [-0.2, 0) is 0 Å². The van der Waals surface area contributed by atoms with E-state index in [4.69, 9.17) is 16.3 Å². The van der Waals surface area contributed by atoms with Crippen molar-refractivity contribution in [3.63, 3.8) is 0 Å². The summed E-state index contributed by atoms with van der Waals surface area (Å²) in [5, 5.41) is 8.02. The standard InChI is InChI=1S/C15H14F3N5O2/c16-9-1-4-11(5-2-9)23(20)12(14(19)15(17)18)8-25-13-6-3-10(7-24)21-22-13/h1-7,15H,8,19-20H2/b14-12-. The monoisotopic (exact) mass is 353 g/mol. The molecule has 0 aliphatic heterocycles. The molecule has 132 valence electrons. The summed E-state index contributed by atoms with van der Waals surface area (Å²) in [6.07, 6.45) is -2.49. The zero-order valence-corrected chi connectivity index (χ0v) is 12.8. The van der Waals surface area contributed by atoms with Gasteiger partial charge >= 0.3 is 0 Å². The number of carbonyl (C=O) groups excluding carboxylic acids is 1. The van der Waals surface area contributed by atoms with Gasteiger partial charge in [-0.2, -0.15) is 0 Å². The van der Waals surface area contributed by atoms with Gasteiger partial charge < -0.3 is 10.5 Å². The second-order valence-corrected chi connectivity index (χ2v) is 4.75. The minimum Gasteiger partial charge on any atom is -0.470 e. The van der Waals surface area contributed by atoms with E-state index in [9.17, 15) is 18.0 Å². The number of nitrogens with two attached hydrogens (primary N) is 2. The number of aldehydes is 1. The van der Waals surface area contributed by atoms with Crippen LogP contribution in [0.3, 0.4) is 0 Å². The third-order valence-corrected chi connectivity index (χ3v) is 3.10. The molecule has 0 saturated heterocycles. The Labute approximate surface area is 140 Å². The van der Waals surface area contributed by atoms with Crippen LogP contribution in [0.4, 0.5) is 18.9 Å². The van der Waals surface area contributed by atoms with E-state index < -0.39 is 24.5 Å². The maximum atomic E-state index is 13.0. The van der Waals surface area contributed by atoms with Gasteiger partial charge in [-0.15, -0.1) is 10.2 Å². The zero-order chi connectivity index (χ0) is 18.4. The molecule has 10 heteroatoms. The molecular formula is C15H14F3N5O2. The molecule has 4 N–H and O–H groups in total. The summed E-state index contributed by atoms with van der Waals surface area (Å²) in [5.41, 5.74) is 4.69. The predicted molar refractivity (Wildman–Crippen MR) is 83.2 cm³/mol. The van der Waals surface area contributed by atoms with Gasteiger partial charge in [-0.1, -0.05) is 0 Å². The molecule has 1 aromatic carbocycles. The van der Waals surface area contributed by atoms with Crippen molar-refractivity contribution in [3.05, 3.63) is 59.3 Å². The lowest BCUT2D eigenvalue weighted by Gasteiger charge is -2.24. The van der Waals surface area contributed by atoms with E-state index >= 15 is 0 Å². The van der Waals surface area contributed by atoms with E-state index in [-0.39, 0.29) is 23.0 Å². The number of hydrogen-bond acceptors (Lipinski definition) is 7. The minimum atomic E-state index is -2.98. The third-order valence-electron chi connectivity index (χ3n) is 3.10.